The van der Waals surface area contributed by atoms with Crippen LogP contribution in [0.1, 0.15) is 30.2 Å². The van der Waals surface area contributed by atoms with Gasteiger partial charge in [0.25, 0.3) is 10.2 Å². The van der Waals surface area contributed by atoms with Crippen molar-refractivity contribution in [2.45, 2.75) is 33.2 Å². The van der Waals surface area contributed by atoms with Gasteiger partial charge in [-0.1, -0.05) is 6.92 Å². The first kappa shape index (κ1) is 16.9. The lowest BCUT2D eigenvalue weighted by molar-refractivity contribution is 0.258. The van der Waals surface area contributed by atoms with Crippen molar-refractivity contribution in [3.8, 4) is 0 Å². The van der Waals surface area contributed by atoms with E-state index in [1.54, 1.807) is 15.6 Å². The summed E-state index contributed by atoms with van der Waals surface area (Å²) in [4.78, 5) is 1.08. The van der Waals surface area contributed by atoms with E-state index < -0.39 is 10.2 Å². The van der Waals surface area contributed by atoms with E-state index in [0.717, 1.165) is 36.4 Å². The van der Waals surface area contributed by atoms with Crippen LogP contribution in [0.25, 0.3) is 0 Å². The molecule has 2 heterocycles. The van der Waals surface area contributed by atoms with Crippen molar-refractivity contribution in [1.29, 1.82) is 0 Å². The Labute approximate surface area is 131 Å². The maximum atomic E-state index is 12.4. The number of thiophene rings is 1. The molecule has 0 amide bonds. The van der Waals surface area contributed by atoms with Crippen LogP contribution in [0.15, 0.2) is 11.4 Å². The molecule has 0 radical (unpaired) electrons. The highest BCUT2D eigenvalue weighted by Crippen LogP contribution is 2.19. The second kappa shape index (κ2) is 7.69. The molecule has 5 nitrogen and oxygen atoms in total. The van der Waals surface area contributed by atoms with Gasteiger partial charge in [0.1, 0.15) is 0 Å². The summed E-state index contributed by atoms with van der Waals surface area (Å²) in [6.07, 6.45) is 2.04. The molecular weight excluding hydrogens is 306 g/mol. The van der Waals surface area contributed by atoms with Gasteiger partial charge in [0.05, 0.1) is 0 Å². The second-order valence-electron chi connectivity index (χ2n) is 5.53. The maximum absolute atomic E-state index is 12.4. The molecular formula is C14H25N3O2S2. The van der Waals surface area contributed by atoms with Gasteiger partial charge in [-0.3, -0.25) is 0 Å². The van der Waals surface area contributed by atoms with Gasteiger partial charge in [-0.2, -0.15) is 17.4 Å². The fourth-order valence-corrected chi connectivity index (χ4v) is 4.82. The highest BCUT2D eigenvalue weighted by molar-refractivity contribution is 7.87. The molecule has 1 unspecified atom stereocenters. The van der Waals surface area contributed by atoms with Crippen LogP contribution in [-0.2, 0) is 16.8 Å². The third-order valence-electron chi connectivity index (χ3n) is 3.89. The van der Waals surface area contributed by atoms with Crippen LogP contribution in [0.4, 0.5) is 0 Å². The maximum Gasteiger partial charge on any atom is 0.279 e. The molecule has 0 aromatic carbocycles. The van der Waals surface area contributed by atoms with Crippen LogP contribution in [0.3, 0.4) is 0 Å². The van der Waals surface area contributed by atoms with Crippen LogP contribution in [0.5, 0.6) is 0 Å². The van der Waals surface area contributed by atoms with Crippen molar-refractivity contribution in [3.63, 3.8) is 0 Å². The summed E-state index contributed by atoms with van der Waals surface area (Å²) in [5, 5.41) is 5.30. The molecule has 1 atom stereocenters. The molecule has 120 valence electrons. The summed E-state index contributed by atoms with van der Waals surface area (Å²) in [5.41, 5.74) is 1.14. The molecule has 0 aliphatic carbocycles. The van der Waals surface area contributed by atoms with Crippen molar-refractivity contribution in [1.82, 2.24) is 14.3 Å². The Hall–Kier alpha value is -0.470. The molecule has 1 fully saturated rings. The van der Waals surface area contributed by atoms with E-state index in [2.05, 4.69) is 17.0 Å². The average Bonchev–Trinajstić information content (AvgIpc) is 2.89. The zero-order valence-electron chi connectivity index (χ0n) is 12.8. The van der Waals surface area contributed by atoms with Gasteiger partial charge in [-0.05, 0) is 55.8 Å². The molecule has 1 saturated heterocycles. The van der Waals surface area contributed by atoms with Crippen molar-refractivity contribution in [3.05, 3.63) is 21.9 Å². The van der Waals surface area contributed by atoms with Crippen LogP contribution in [0.2, 0.25) is 0 Å². The number of rotatable bonds is 7. The minimum atomic E-state index is -3.37. The van der Waals surface area contributed by atoms with Crippen LogP contribution >= 0.6 is 11.3 Å². The zero-order valence-corrected chi connectivity index (χ0v) is 14.4. The molecule has 1 aromatic heterocycles. The van der Waals surface area contributed by atoms with E-state index in [4.69, 9.17) is 0 Å². The van der Waals surface area contributed by atoms with E-state index in [1.807, 2.05) is 18.4 Å². The Morgan fingerprint density at radius 1 is 1.48 bits per heavy atom. The number of aryl methyl sites for hydroxylation is 1. The summed E-state index contributed by atoms with van der Waals surface area (Å²) >= 11 is 1.59. The molecule has 0 saturated carbocycles. The smallest absolute Gasteiger partial charge is 0.279 e. The topological polar surface area (TPSA) is 61.4 Å². The average molecular weight is 332 g/mol. The number of piperidine rings is 1. The lowest BCUT2D eigenvalue weighted by Gasteiger charge is -2.32. The molecule has 0 spiro atoms. The van der Waals surface area contributed by atoms with Crippen LogP contribution in [0, 0.1) is 12.8 Å². The predicted molar refractivity (Wildman–Crippen MR) is 87.7 cm³/mol. The standard InChI is InChI=1S/C14H25N3O2S2/c1-3-15-9-13-5-4-7-17(11-13)21(18,19)16-10-14-12(2)6-8-20-14/h6,8,13,15-16H,3-5,7,9-11H2,1-2H3. The lowest BCUT2D eigenvalue weighted by Crippen LogP contribution is -2.47. The second-order valence-corrected chi connectivity index (χ2v) is 8.28. The van der Waals surface area contributed by atoms with Gasteiger partial charge in [0.2, 0.25) is 0 Å². The summed E-state index contributed by atoms with van der Waals surface area (Å²) in [6, 6.07) is 2.02. The summed E-state index contributed by atoms with van der Waals surface area (Å²) in [7, 11) is -3.37. The Balaban J connectivity index is 1.90. The zero-order chi connectivity index (χ0) is 15.3. The van der Waals surface area contributed by atoms with Crippen molar-refractivity contribution < 1.29 is 8.42 Å². The first-order chi connectivity index (χ1) is 10.0. The molecule has 1 aliphatic heterocycles. The molecule has 0 bridgehead atoms. The number of hydrogen-bond acceptors (Lipinski definition) is 4. The molecule has 1 aromatic rings. The third-order valence-corrected chi connectivity index (χ3v) is 6.43. The highest BCUT2D eigenvalue weighted by atomic mass is 32.2. The molecule has 21 heavy (non-hydrogen) atoms. The summed E-state index contributed by atoms with van der Waals surface area (Å²) in [5.74, 6) is 0.416. The van der Waals surface area contributed by atoms with Crippen LogP contribution < -0.4 is 10.0 Å². The summed E-state index contributed by atoms with van der Waals surface area (Å²) < 4.78 is 29.2. The number of hydrogen-bond donors (Lipinski definition) is 2. The monoisotopic (exact) mass is 331 g/mol. The van der Waals surface area contributed by atoms with E-state index >= 15 is 0 Å². The van der Waals surface area contributed by atoms with Gasteiger partial charge in [-0.15, -0.1) is 11.3 Å². The van der Waals surface area contributed by atoms with E-state index in [0.29, 0.717) is 25.6 Å². The van der Waals surface area contributed by atoms with Gasteiger partial charge >= 0.3 is 0 Å². The molecule has 2 rings (SSSR count). The number of nitrogens with zero attached hydrogens (tertiary/aromatic N) is 1. The molecule has 2 N–H and O–H groups in total. The molecule has 7 heteroatoms. The van der Waals surface area contributed by atoms with Gasteiger partial charge in [0, 0.05) is 24.5 Å². The van der Waals surface area contributed by atoms with Gasteiger partial charge in [0.15, 0.2) is 0 Å². The predicted octanol–water partition coefficient (Wildman–Crippen LogP) is 1.71. The van der Waals surface area contributed by atoms with Gasteiger partial charge in [-0.25, -0.2) is 0 Å². The minimum absolute atomic E-state index is 0.389. The normalized spacial score (nSPS) is 20.8. The quantitative estimate of drug-likeness (QED) is 0.800. The van der Waals surface area contributed by atoms with E-state index in [1.165, 1.54) is 0 Å². The fourth-order valence-electron chi connectivity index (χ4n) is 2.59. The van der Waals surface area contributed by atoms with Crippen molar-refractivity contribution >= 4 is 21.5 Å². The molecule has 1 aliphatic rings. The Morgan fingerprint density at radius 3 is 2.95 bits per heavy atom. The first-order valence-electron chi connectivity index (χ1n) is 7.51. The lowest BCUT2D eigenvalue weighted by atomic mass is 10.00. The van der Waals surface area contributed by atoms with Crippen molar-refractivity contribution in [2.24, 2.45) is 5.92 Å². The number of nitrogens with one attached hydrogen (secondary N) is 2. The van der Waals surface area contributed by atoms with E-state index in [-0.39, 0.29) is 0 Å². The largest absolute Gasteiger partial charge is 0.317 e. The fraction of sp³-hybridized carbons (Fsp3) is 0.714. The van der Waals surface area contributed by atoms with Crippen molar-refractivity contribution in [2.75, 3.05) is 26.2 Å². The highest BCUT2D eigenvalue weighted by Gasteiger charge is 2.28. The van der Waals surface area contributed by atoms with E-state index in [9.17, 15) is 8.42 Å². The minimum Gasteiger partial charge on any atom is -0.317 e. The first-order valence-corrected chi connectivity index (χ1v) is 9.83. The Morgan fingerprint density at radius 2 is 2.29 bits per heavy atom. The van der Waals surface area contributed by atoms with Gasteiger partial charge < -0.3 is 5.32 Å². The Bertz CT molecular complexity index is 542. The summed E-state index contributed by atoms with van der Waals surface area (Å²) in [6.45, 7) is 7.54. The Kier molecular flexibility index (Phi) is 6.19. The van der Waals surface area contributed by atoms with Crippen LogP contribution in [-0.4, -0.2) is 38.9 Å². The SMILES string of the molecule is CCNCC1CCCN(S(=O)(=O)NCc2sccc2C)C1. The third kappa shape index (κ3) is 4.75.